The Bertz CT molecular complexity index is 827. The number of hydrogen-bond donors (Lipinski definition) is 5. The number of nitrogens with zero attached hydrogens (tertiary/aromatic N) is 1. The lowest BCUT2D eigenvalue weighted by molar-refractivity contribution is -0.0245. The highest BCUT2D eigenvalue weighted by Crippen LogP contribution is 2.57. The molecule has 0 amide bonds. The minimum absolute atomic E-state index is 0.0437. The summed E-state index contributed by atoms with van der Waals surface area (Å²) in [6.07, 6.45) is 0.148. The molecule has 0 aromatic carbocycles. The van der Waals surface area contributed by atoms with E-state index in [2.05, 4.69) is 8.83 Å². The molecule has 1 aromatic heterocycles. The average Bonchev–Trinajstić information content (AvgIpc) is 2.92. The maximum atomic E-state index is 11.8. The third-order valence-corrected chi connectivity index (χ3v) is 5.39. The van der Waals surface area contributed by atoms with Crippen LogP contribution >= 0.6 is 15.6 Å². The van der Waals surface area contributed by atoms with Crippen LogP contribution in [0.4, 0.5) is 0 Å². The van der Waals surface area contributed by atoms with Crippen LogP contribution in [0.1, 0.15) is 24.6 Å². The van der Waals surface area contributed by atoms with Crippen LogP contribution < -0.4 is 11.2 Å². The van der Waals surface area contributed by atoms with Gasteiger partial charge in [0.25, 0.3) is 5.56 Å². The van der Waals surface area contributed by atoms with Crippen molar-refractivity contribution in [2.45, 2.75) is 31.8 Å². The van der Waals surface area contributed by atoms with Crippen LogP contribution in [0.25, 0.3) is 0 Å². The molecule has 13 nitrogen and oxygen atoms in total. The monoisotopic (exact) mass is 402 g/mol. The highest BCUT2D eigenvalue weighted by Gasteiger charge is 2.35. The highest BCUT2D eigenvalue weighted by atomic mass is 31.3. The normalized spacial score (nSPS) is 23.5. The molecule has 1 aromatic rings. The fourth-order valence-electron chi connectivity index (χ4n) is 2.20. The molecule has 1 aliphatic heterocycles. The predicted molar refractivity (Wildman–Crippen MR) is 79.3 cm³/mol. The summed E-state index contributed by atoms with van der Waals surface area (Å²) in [7, 11) is -10.2. The summed E-state index contributed by atoms with van der Waals surface area (Å²) in [5, 5.41) is 9.06. The van der Waals surface area contributed by atoms with Gasteiger partial charge in [-0.05, 0) is 12.8 Å². The second-order valence-electron chi connectivity index (χ2n) is 5.11. The molecule has 15 heteroatoms. The number of hydrogen-bond acceptors (Lipinski definition) is 8. The summed E-state index contributed by atoms with van der Waals surface area (Å²) in [6, 6.07) is 0. The van der Waals surface area contributed by atoms with Crippen LogP contribution in [-0.4, -0.2) is 42.0 Å². The fourth-order valence-corrected chi connectivity index (χ4v) is 3.82. The molecule has 1 unspecified atom stereocenters. The number of aromatic amines is 1. The summed E-state index contributed by atoms with van der Waals surface area (Å²) in [5.74, 6) is 0. The van der Waals surface area contributed by atoms with Crippen LogP contribution in [0.2, 0.25) is 0 Å². The maximum absolute atomic E-state index is 11.8. The lowest BCUT2D eigenvalue weighted by Gasteiger charge is -2.17. The van der Waals surface area contributed by atoms with Gasteiger partial charge in [0.1, 0.15) is 6.23 Å². The molecule has 0 aliphatic carbocycles. The summed E-state index contributed by atoms with van der Waals surface area (Å²) in [6.45, 7) is -1.10. The smallest absolute Gasteiger partial charge is 0.391 e. The number of H-pyrrole nitrogens is 1. The van der Waals surface area contributed by atoms with E-state index in [-0.39, 0.29) is 5.56 Å². The number of nitrogens with one attached hydrogen (secondary N) is 1. The van der Waals surface area contributed by atoms with E-state index in [0.29, 0.717) is 12.8 Å². The number of ether oxygens (including phenoxy) is 1. The summed E-state index contributed by atoms with van der Waals surface area (Å²) in [5.41, 5.74) is -1.53. The van der Waals surface area contributed by atoms with Gasteiger partial charge in [0.2, 0.25) is 0 Å². The van der Waals surface area contributed by atoms with Crippen molar-refractivity contribution in [3.8, 4) is 0 Å². The molecule has 1 fully saturated rings. The molecule has 1 aliphatic rings. The van der Waals surface area contributed by atoms with Crippen molar-refractivity contribution in [3.63, 3.8) is 0 Å². The number of aliphatic hydroxyl groups is 1. The van der Waals surface area contributed by atoms with Gasteiger partial charge in [-0.2, -0.15) is 4.31 Å². The van der Waals surface area contributed by atoms with E-state index >= 15 is 0 Å². The van der Waals surface area contributed by atoms with E-state index in [1.54, 1.807) is 0 Å². The maximum Gasteiger partial charge on any atom is 0.481 e. The quantitative estimate of drug-likeness (QED) is 0.348. The van der Waals surface area contributed by atoms with Gasteiger partial charge in [-0.15, -0.1) is 0 Å². The minimum atomic E-state index is -5.21. The van der Waals surface area contributed by atoms with Gasteiger partial charge in [-0.25, -0.2) is 13.9 Å². The lowest BCUT2D eigenvalue weighted by atomic mass is 10.2. The van der Waals surface area contributed by atoms with Crippen molar-refractivity contribution in [2.24, 2.45) is 0 Å². The number of phosphoric acid groups is 2. The molecular formula is C10H16N2O11P2. The van der Waals surface area contributed by atoms with Crippen LogP contribution in [0.15, 0.2) is 15.8 Å². The Morgan fingerprint density at radius 3 is 2.56 bits per heavy atom. The fraction of sp³-hybridized carbons (Fsp3) is 0.600. The highest BCUT2D eigenvalue weighted by molar-refractivity contribution is 7.60. The zero-order valence-corrected chi connectivity index (χ0v) is 14.3. The van der Waals surface area contributed by atoms with Gasteiger partial charge in [-0.3, -0.25) is 18.9 Å². The largest absolute Gasteiger partial charge is 0.481 e. The first-order chi connectivity index (χ1) is 11.5. The summed E-state index contributed by atoms with van der Waals surface area (Å²) in [4.78, 5) is 51.4. The molecule has 0 spiro atoms. The van der Waals surface area contributed by atoms with Crippen LogP contribution in [0.3, 0.4) is 0 Å². The van der Waals surface area contributed by atoms with Crippen LogP contribution in [-0.2, 0) is 29.3 Å². The molecule has 5 N–H and O–H groups in total. The topological polar surface area (TPSA) is 198 Å². The van der Waals surface area contributed by atoms with E-state index in [0.717, 1.165) is 10.8 Å². The molecule has 1 saturated heterocycles. The molecule has 0 bridgehead atoms. The van der Waals surface area contributed by atoms with Gasteiger partial charge in [0.05, 0.1) is 24.9 Å². The summed E-state index contributed by atoms with van der Waals surface area (Å²) < 4.78 is 36.5. The third kappa shape index (κ3) is 5.68. The van der Waals surface area contributed by atoms with Crippen molar-refractivity contribution < 1.29 is 42.5 Å². The van der Waals surface area contributed by atoms with E-state index in [4.69, 9.17) is 19.6 Å². The SMILES string of the molecule is O=c1[nH]c(=O)n([C@H]2CC[C@@H](COP(=O)(O)OP(=O)(O)O)O2)cc1CO. The van der Waals surface area contributed by atoms with E-state index in [1.165, 1.54) is 0 Å². The average molecular weight is 402 g/mol. The first-order valence-electron chi connectivity index (χ1n) is 6.85. The van der Waals surface area contributed by atoms with Crippen molar-refractivity contribution in [1.82, 2.24) is 9.55 Å². The van der Waals surface area contributed by atoms with Crippen molar-refractivity contribution >= 4 is 15.6 Å². The van der Waals surface area contributed by atoms with Crippen molar-refractivity contribution in [1.29, 1.82) is 0 Å². The zero-order chi connectivity index (χ0) is 18.8. The van der Waals surface area contributed by atoms with Crippen LogP contribution in [0.5, 0.6) is 0 Å². The number of aliphatic hydroxyl groups excluding tert-OH is 1. The van der Waals surface area contributed by atoms with Gasteiger partial charge in [-0.1, -0.05) is 0 Å². The minimum Gasteiger partial charge on any atom is -0.391 e. The van der Waals surface area contributed by atoms with E-state index in [9.17, 15) is 23.6 Å². The third-order valence-electron chi connectivity index (χ3n) is 3.24. The Kier molecular flexibility index (Phi) is 6.15. The van der Waals surface area contributed by atoms with Gasteiger partial charge < -0.3 is 24.5 Å². The van der Waals surface area contributed by atoms with Gasteiger partial charge >= 0.3 is 21.3 Å². The van der Waals surface area contributed by atoms with Crippen molar-refractivity contribution in [3.05, 3.63) is 32.6 Å². The Labute approximate surface area is 139 Å². The molecule has 2 heterocycles. The molecule has 25 heavy (non-hydrogen) atoms. The molecule has 0 saturated carbocycles. The first-order valence-corrected chi connectivity index (χ1v) is 9.88. The lowest BCUT2D eigenvalue weighted by Crippen LogP contribution is -2.34. The molecule has 142 valence electrons. The Balaban J connectivity index is 2.01. The predicted octanol–water partition coefficient (Wildman–Crippen LogP) is -1.07. The van der Waals surface area contributed by atoms with E-state index < -0.39 is 52.4 Å². The zero-order valence-electron chi connectivity index (χ0n) is 12.5. The Morgan fingerprint density at radius 1 is 1.28 bits per heavy atom. The number of rotatable bonds is 7. The number of aromatic nitrogens is 2. The van der Waals surface area contributed by atoms with Crippen LogP contribution in [0, 0.1) is 0 Å². The Morgan fingerprint density at radius 2 is 1.96 bits per heavy atom. The molecule has 3 atom stereocenters. The van der Waals surface area contributed by atoms with Crippen molar-refractivity contribution in [2.75, 3.05) is 6.61 Å². The Hall–Kier alpha value is -1.14. The second-order valence-corrected chi connectivity index (χ2v) is 7.94. The molecular weight excluding hydrogens is 386 g/mol. The second kappa shape index (κ2) is 7.62. The molecule has 2 rings (SSSR count). The molecule has 0 radical (unpaired) electrons. The van der Waals surface area contributed by atoms with Gasteiger partial charge in [0, 0.05) is 6.20 Å². The van der Waals surface area contributed by atoms with Gasteiger partial charge in [0.15, 0.2) is 0 Å². The standard InChI is InChI=1S/C10H16N2O11P2/c13-4-6-3-12(10(15)11-9(6)14)8-2-1-7(22-8)5-21-25(19,20)23-24(16,17)18/h3,7-8,13H,1-2,4-5H2,(H,19,20)(H,11,14,15)(H2,16,17,18)/t7-,8+/m0/s1. The number of phosphoric ester groups is 1. The van der Waals surface area contributed by atoms with E-state index in [1.807, 2.05) is 4.98 Å². The first kappa shape index (κ1) is 20.2. The summed E-state index contributed by atoms with van der Waals surface area (Å²) >= 11 is 0.